The first kappa shape index (κ1) is 22.9. The van der Waals surface area contributed by atoms with Gasteiger partial charge in [-0.25, -0.2) is 5.01 Å². The molecule has 0 N–H and O–H groups in total. The van der Waals surface area contributed by atoms with Crippen molar-refractivity contribution in [3.05, 3.63) is 51.6 Å². The van der Waals surface area contributed by atoms with Gasteiger partial charge in [-0.05, 0) is 36.2 Å². The number of nitro benzene ring substituents is 1. The first-order valence-electron chi connectivity index (χ1n) is 9.74. The van der Waals surface area contributed by atoms with E-state index in [4.69, 9.17) is 18.9 Å². The monoisotopic (exact) mass is 443 g/mol. The minimum atomic E-state index is -0.611. The Morgan fingerprint density at radius 1 is 0.969 bits per heavy atom. The first-order chi connectivity index (χ1) is 15.3. The first-order valence-corrected chi connectivity index (χ1v) is 9.74. The Kier molecular flexibility index (Phi) is 6.52. The Labute approximate surface area is 185 Å². The zero-order chi connectivity index (χ0) is 23.6. The summed E-state index contributed by atoms with van der Waals surface area (Å²) in [7, 11) is 5.91. The Morgan fingerprint density at radius 2 is 1.56 bits per heavy atom. The van der Waals surface area contributed by atoms with Crippen LogP contribution in [0.4, 0.5) is 5.69 Å². The predicted molar refractivity (Wildman–Crippen MR) is 117 cm³/mol. The molecule has 0 saturated carbocycles. The van der Waals surface area contributed by atoms with E-state index in [1.54, 1.807) is 18.2 Å². The third-order valence-corrected chi connectivity index (χ3v) is 5.40. The molecule has 0 fully saturated rings. The van der Waals surface area contributed by atoms with Crippen LogP contribution in [0.1, 0.15) is 36.9 Å². The maximum atomic E-state index is 12.4. The van der Waals surface area contributed by atoms with Crippen molar-refractivity contribution in [2.24, 2.45) is 5.10 Å². The van der Waals surface area contributed by atoms with Crippen LogP contribution < -0.4 is 18.9 Å². The van der Waals surface area contributed by atoms with E-state index in [2.05, 4.69) is 5.10 Å². The zero-order valence-corrected chi connectivity index (χ0v) is 18.7. The molecule has 10 nitrogen and oxygen atoms in total. The smallest absolute Gasteiger partial charge is 0.311 e. The fraction of sp³-hybridized carbons (Fsp3) is 0.364. The molecule has 1 amide bonds. The van der Waals surface area contributed by atoms with Gasteiger partial charge in [0, 0.05) is 18.7 Å². The molecular weight excluding hydrogens is 418 g/mol. The number of ether oxygens (including phenoxy) is 4. The normalized spacial score (nSPS) is 17.6. The number of nitrogens with zero attached hydrogens (tertiary/aromatic N) is 3. The number of methoxy groups -OCH3 is 4. The molecule has 0 radical (unpaired) electrons. The molecule has 32 heavy (non-hydrogen) atoms. The molecule has 2 atom stereocenters. The van der Waals surface area contributed by atoms with Gasteiger partial charge in [0.15, 0.2) is 17.2 Å². The van der Waals surface area contributed by atoms with Gasteiger partial charge in [-0.1, -0.05) is 6.07 Å². The highest BCUT2D eigenvalue weighted by atomic mass is 16.6. The van der Waals surface area contributed by atoms with Crippen LogP contribution in [-0.2, 0) is 4.79 Å². The molecule has 3 rings (SSSR count). The van der Waals surface area contributed by atoms with Gasteiger partial charge in [0.05, 0.1) is 45.3 Å². The summed E-state index contributed by atoms with van der Waals surface area (Å²) < 4.78 is 21.5. The fourth-order valence-corrected chi connectivity index (χ4v) is 4.00. The van der Waals surface area contributed by atoms with Crippen LogP contribution in [0.2, 0.25) is 0 Å². The van der Waals surface area contributed by atoms with Gasteiger partial charge in [-0.2, -0.15) is 5.10 Å². The molecule has 0 aromatic heterocycles. The van der Waals surface area contributed by atoms with Gasteiger partial charge in [-0.15, -0.1) is 0 Å². The van der Waals surface area contributed by atoms with Crippen molar-refractivity contribution in [2.75, 3.05) is 28.4 Å². The maximum absolute atomic E-state index is 12.4. The molecule has 0 saturated heterocycles. The minimum Gasteiger partial charge on any atom is -0.493 e. The maximum Gasteiger partial charge on any atom is 0.311 e. The van der Waals surface area contributed by atoms with E-state index in [0.29, 0.717) is 28.5 Å². The van der Waals surface area contributed by atoms with Crippen LogP contribution in [0.25, 0.3) is 0 Å². The number of carbonyl (C=O) groups excluding carboxylic acids is 1. The largest absolute Gasteiger partial charge is 0.493 e. The Bertz CT molecular complexity index is 1060. The van der Waals surface area contributed by atoms with Gasteiger partial charge < -0.3 is 18.9 Å². The number of benzene rings is 2. The molecule has 1 aliphatic heterocycles. The third-order valence-electron chi connectivity index (χ3n) is 5.40. The molecule has 0 spiro atoms. The van der Waals surface area contributed by atoms with E-state index in [1.165, 1.54) is 52.5 Å². The SMILES string of the molecule is COc1ccc(C2C(c3cc(OC)c(OC)c(OC)c3)C(C)=NN2C(C)=O)cc1[N+](=O)[O-]. The molecular formula is C22H25N3O7. The van der Waals surface area contributed by atoms with Gasteiger partial charge in [-0.3, -0.25) is 14.9 Å². The third kappa shape index (κ3) is 3.91. The lowest BCUT2D eigenvalue weighted by atomic mass is 9.84. The molecule has 170 valence electrons. The lowest BCUT2D eigenvalue weighted by Crippen LogP contribution is -2.28. The molecule has 2 unspecified atom stereocenters. The van der Waals surface area contributed by atoms with Crippen LogP contribution in [0.3, 0.4) is 0 Å². The number of carbonyl (C=O) groups is 1. The lowest BCUT2D eigenvalue weighted by molar-refractivity contribution is -0.385. The van der Waals surface area contributed by atoms with Crippen molar-refractivity contribution in [3.8, 4) is 23.0 Å². The quantitative estimate of drug-likeness (QED) is 0.474. The number of hydrogen-bond donors (Lipinski definition) is 0. The van der Waals surface area contributed by atoms with Crippen molar-refractivity contribution in [3.63, 3.8) is 0 Å². The molecule has 1 aliphatic rings. The van der Waals surface area contributed by atoms with Crippen LogP contribution in [0, 0.1) is 10.1 Å². The molecule has 2 aromatic rings. The summed E-state index contributed by atoms with van der Waals surface area (Å²) in [4.78, 5) is 23.5. The number of nitro groups is 1. The second kappa shape index (κ2) is 9.13. The van der Waals surface area contributed by atoms with Crippen LogP contribution in [-0.4, -0.2) is 50.0 Å². The van der Waals surface area contributed by atoms with Crippen molar-refractivity contribution >= 4 is 17.3 Å². The summed E-state index contributed by atoms with van der Waals surface area (Å²) in [5.41, 5.74) is 1.78. The number of amides is 1. The second-order valence-electron chi connectivity index (χ2n) is 7.17. The summed E-state index contributed by atoms with van der Waals surface area (Å²) in [6.45, 7) is 3.21. The summed E-state index contributed by atoms with van der Waals surface area (Å²) in [5, 5.41) is 17.4. The van der Waals surface area contributed by atoms with Gasteiger partial charge in [0.1, 0.15) is 0 Å². The van der Waals surface area contributed by atoms with Crippen molar-refractivity contribution in [1.29, 1.82) is 0 Å². The van der Waals surface area contributed by atoms with Gasteiger partial charge >= 0.3 is 5.69 Å². The number of hydrogen-bond acceptors (Lipinski definition) is 8. The van der Waals surface area contributed by atoms with E-state index >= 15 is 0 Å². The van der Waals surface area contributed by atoms with Crippen molar-refractivity contribution in [1.82, 2.24) is 5.01 Å². The van der Waals surface area contributed by atoms with Crippen molar-refractivity contribution in [2.45, 2.75) is 25.8 Å². The Balaban J connectivity index is 2.21. The highest BCUT2D eigenvalue weighted by molar-refractivity contribution is 5.94. The van der Waals surface area contributed by atoms with Gasteiger partial charge in [0.25, 0.3) is 0 Å². The minimum absolute atomic E-state index is 0.132. The van der Waals surface area contributed by atoms with Gasteiger partial charge in [0.2, 0.25) is 11.7 Å². The standard InChI is InChI=1S/C22H25N3O7/c1-12-20(15-10-18(30-4)22(32-6)19(11-15)31-5)21(24(23-12)13(2)26)14-7-8-17(29-3)16(9-14)25(27)28/h7-11,20-21H,1-6H3. The molecule has 1 heterocycles. The Hall–Kier alpha value is -3.82. The topological polar surface area (TPSA) is 113 Å². The van der Waals surface area contributed by atoms with E-state index in [9.17, 15) is 14.9 Å². The van der Waals surface area contributed by atoms with E-state index in [1.807, 2.05) is 6.92 Å². The Morgan fingerprint density at radius 3 is 2.03 bits per heavy atom. The fourth-order valence-electron chi connectivity index (χ4n) is 4.00. The second-order valence-corrected chi connectivity index (χ2v) is 7.17. The predicted octanol–water partition coefficient (Wildman–Crippen LogP) is 3.69. The lowest BCUT2D eigenvalue weighted by Gasteiger charge is -2.27. The van der Waals surface area contributed by atoms with E-state index < -0.39 is 16.9 Å². The summed E-state index contributed by atoms with van der Waals surface area (Å²) in [6, 6.07) is 7.61. The zero-order valence-electron chi connectivity index (χ0n) is 18.7. The summed E-state index contributed by atoms with van der Waals surface area (Å²) in [6.07, 6.45) is 0. The highest BCUT2D eigenvalue weighted by Gasteiger charge is 2.41. The highest BCUT2D eigenvalue weighted by Crippen LogP contribution is 2.48. The average Bonchev–Trinajstić information content (AvgIpc) is 3.14. The molecule has 2 aromatic carbocycles. The molecule has 0 bridgehead atoms. The molecule has 0 aliphatic carbocycles. The van der Waals surface area contributed by atoms with Crippen LogP contribution in [0.15, 0.2) is 35.4 Å². The van der Waals surface area contributed by atoms with E-state index in [-0.39, 0.29) is 17.3 Å². The summed E-state index contributed by atoms with van der Waals surface area (Å²) >= 11 is 0. The van der Waals surface area contributed by atoms with Crippen molar-refractivity contribution < 1.29 is 28.7 Å². The van der Waals surface area contributed by atoms with E-state index in [0.717, 1.165) is 5.56 Å². The van der Waals surface area contributed by atoms with Crippen LogP contribution in [0.5, 0.6) is 23.0 Å². The average molecular weight is 443 g/mol. The number of rotatable bonds is 7. The van der Waals surface area contributed by atoms with Crippen LogP contribution >= 0.6 is 0 Å². The molecule has 10 heteroatoms. The summed E-state index contributed by atoms with van der Waals surface area (Å²) in [5.74, 6) is 0.786. The number of hydrazone groups is 1.